The van der Waals surface area contributed by atoms with Crippen LogP contribution >= 0.6 is 0 Å². The summed E-state index contributed by atoms with van der Waals surface area (Å²) in [6, 6.07) is 8.58. The van der Waals surface area contributed by atoms with Crippen LogP contribution < -0.4 is 14.8 Å². The Morgan fingerprint density at radius 3 is 2.59 bits per heavy atom. The van der Waals surface area contributed by atoms with E-state index in [1.54, 1.807) is 18.2 Å². The number of carbonyl (C=O) groups is 2. The zero-order chi connectivity index (χ0) is 23.3. The molecule has 2 aromatic rings. The molecule has 1 fully saturated rings. The number of hydrogen-bond acceptors (Lipinski definition) is 7. The first-order chi connectivity index (χ1) is 15.3. The van der Waals surface area contributed by atoms with Crippen molar-refractivity contribution in [3.63, 3.8) is 0 Å². The molecular formula is C21H23FN2O7S. The van der Waals surface area contributed by atoms with Gasteiger partial charge in [-0.05, 0) is 37.1 Å². The fraction of sp³-hybridized carbons (Fsp3) is 0.333. The van der Waals surface area contributed by atoms with Gasteiger partial charge in [0.1, 0.15) is 28.3 Å². The standard InChI is InChI=1S/C21H23FN2O7S/c1-29-14-9-10-16(18(12-14)30-2)23-20(25)13-31-21(26)17-7-5-11-24(17)32(27,28)19-8-4-3-6-15(19)22/h3-4,6,8-10,12,17H,5,7,11,13H2,1-2H3,(H,23,25)/t17-/m0/s1. The average Bonchev–Trinajstić information content (AvgIpc) is 3.29. The number of carbonyl (C=O) groups excluding carboxylic acids is 2. The van der Waals surface area contributed by atoms with Crippen molar-refractivity contribution in [3.05, 3.63) is 48.3 Å². The number of benzene rings is 2. The molecule has 1 atom stereocenters. The molecule has 3 rings (SSSR count). The average molecular weight is 466 g/mol. The van der Waals surface area contributed by atoms with Gasteiger partial charge in [0.25, 0.3) is 5.91 Å². The summed E-state index contributed by atoms with van der Waals surface area (Å²) in [6.07, 6.45) is 0.614. The Kier molecular flexibility index (Phi) is 7.31. The molecule has 172 valence electrons. The molecule has 0 aliphatic carbocycles. The Bertz CT molecular complexity index is 1110. The van der Waals surface area contributed by atoms with E-state index >= 15 is 0 Å². The van der Waals surface area contributed by atoms with Gasteiger partial charge in [-0.25, -0.2) is 12.8 Å². The van der Waals surface area contributed by atoms with Crippen LogP contribution in [0.3, 0.4) is 0 Å². The number of anilines is 1. The van der Waals surface area contributed by atoms with E-state index in [-0.39, 0.29) is 13.0 Å². The summed E-state index contributed by atoms with van der Waals surface area (Å²) in [5.41, 5.74) is 0.346. The van der Waals surface area contributed by atoms with Gasteiger partial charge in [0.15, 0.2) is 6.61 Å². The normalized spacial score (nSPS) is 16.4. The van der Waals surface area contributed by atoms with Gasteiger partial charge < -0.3 is 19.5 Å². The van der Waals surface area contributed by atoms with Gasteiger partial charge in [-0.15, -0.1) is 0 Å². The summed E-state index contributed by atoms with van der Waals surface area (Å²) in [7, 11) is -1.32. The SMILES string of the molecule is COc1ccc(NC(=O)COC(=O)[C@@H]2CCCN2S(=O)(=O)c2ccccc2F)c(OC)c1. The van der Waals surface area contributed by atoms with Crippen LogP contribution in [0.4, 0.5) is 10.1 Å². The first kappa shape index (κ1) is 23.5. The number of sulfonamides is 1. The highest BCUT2D eigenvalue weighted by Crippen LogP contribution is 2.30. The maximum atomic E-state index is 14.0. The molecule has 1 saturated heterocycles. The van der Waals surface area contributed by atoms with Crippen LogP contribution in [-0.4, -0.2) is 58.0 Å². The summed E-state index contributed by atoms with van der Waals surface area (Å²) >= 11 is 0. The van der Waals surface area contributed by atoms with Gasteiger partial charge in [-0.3, -0.25) is 9.59 Å². The van der Waals surface area contributed by atoms with Crippen LogP contribution in [-0.2, 0) is 24.3 Å². The Balaban J connectivity index is 1.64. The fourth-order valence-electron chi connectivity index (χ4n) is 3.36. The van der Waals surface area contributed by atoms with Crippen LogP contribution in [0.1, 0.15) is 12.8 Å². The molecule has 1 amide bonds. The number of nitrogens with zero attached hydrogens (tertiary/aromatic N) is 1. The lowest BCUT2D eigenvalue weighted by molar-refractivity contribution is -0.150. The first-order valence-electron chi connectivity index (χ1n) is 9.73. The van der Waals surface area contributed by atoms with E-state index in [4.69, 9.17) is 14.2 Å². The summed E-state index contributed by atoms with van der Waals surface area (Å²) in [5.74, 6) is -1.53. The summed E-state index contributed by atoms with van der Waals surface area (Å²) in [5, 5.41) is 2.56. The van der Waals surface area contributed by atoms with Gasteiger partial charge in [-0.2, -0.15) is 4.31 Å². The molecule has 0 radical (unpaired) electrons. The molecule has 1 aliphatic heterocycles. The van der Waals surface area contributed by atoms with Crippen LogP contribution in [0.5, 0.6) is 11.5 Å². The largest absolute Gasteiger partial charge is 0.497 e. The van der Waals surface area contributed by atoms with Crippen molar-refractivity contribution in [1.82, 2.24) is 4.31 Å². The lowest BCUT2D eigenvalue weighted by atomic mass is 10.2. The molecule has 9 nitrogen and oxygen atoms in total. The number of ether oxygens (including phenoxy) is 3. The molecule has 0 aromatic heterocycles. The fourth-order valence-corrected chi connectivity index (χ4v) is 5.08. The number of nitrogens with one attached hydrogen (secondary N) is 1. The van der Waals surface area contributed by atoms with E-state index in [1.165, 1.54) is 26.4 Å². The lowest BCUT2D eigenvalue weighted by Crippen LogP contribution is -2.42. The maximum Gasteiger partial charge on any atom is 0.324 e. The number of amides is 1. The predicted molar refractivity (Wildman–Crippen MR) is 112 cm³/mol. The highest BCUT2D eigenvalue weighted by Gasteiger charge is 2.41. The molecule has 32 heavy (non-hydrogen) atoms. The second-order valence-corrected chi connectivity index (χ2v) is 8.79. The smallest absolute Gasteiger partial charge is 0.324 e. The minimum absolute atomic E-state index is 0.0473. The molecule has 0 saturated carbocycles. The van der Waals surface area contributed by atoms with Crippen LogP contribution in [0.2, 0.25) is 0 Å². The van der Waals surface area contributed by atoms with Crippen molar-refractivity contribution in [3.8, 4) is 11.5 Å². The predicted octanol–water partition coefficient (Wildman–Crippen LogP) is 2.18. The molecule has 0 unspecified atom stereocenters. The second-order valence-electron chi connectivity index (χ2n) is 6.93. The summed E-state index contributed by atoms with van der Waals surface area (Å²) in [6.45, 7) is -0.580. The molecular weight excluding hydrogens is 443 g/mol. The molecule has 1 N–H and O–H groups in total. The van der Waals surface area contributed by atoms with E-state index in [9.17, 15) is 22.4 Å². The van der Waals surface area contributed by atoms with Gasteiger partial charge >= 0.3 is 5.97 Å². The number of rotatable bonds is 8. The van der Waals surface area contributed by atoms with Crippen molar-refractivity contribution in [2.45, 2.75) is 23.8 Å². The molecule has 11 heteroatoms. The van der Waals surface area contributed by atoms with Gasteiger partial charge in [0, 0.05) is 12.6 Å². The number of methoxy groups -OCH3 is 2. The van der Waals surface area contributed by atoms with Gasteiger partial charge in [0.2, 0.25) is 10.0 Å². The van der Waals surface area contributed by atoms with Gasteiger partial charge in [0.05, 0.1) is 19.9 Å². The number of hydrogen-bond donors (Lipinski definition) is 1. The number of esters is 1. The van der Waals surface area contributed by atoms with Crippen molar-refractivity contribution in [1.29, 1.82) is 0 Å². The lowest BCUT2D eigenvalue weighted by Gasteiger charge is -2.23. The third-order valence-corrected chi connectivity index (χ3v) is 6.87. The zero-order valence-corrected chi connectivity index (χ0v) is 18.4. The Hall–Kier alpha value is -3.18. The van der Waals surface area contributed by atoms with E-state index in [2.05, 4.69) is 5.32 Å². The highest BCUT2D eigenvalue weighted by atomic mass is 32.2. The van der Waals surface area contributed by atoms with Crippen LogP contribution in [0.25, 0.3) is 0 Å². The molecule has 2 aromatic carbocycles. The monoisotopic (exact) mass is 466 g/mol. The Labute approximate surface area is 185 Å². The molecule has 0 spiro atoms. The van der Waals surface area contributed by atoms with Crippen LogP contribution in [0.15, 0.2) is 47.4 Å². The first-order valence-corrected chi connectivity index (χ1v) is 11.2. The van der Waals surface area contributed by atoms with Crippen molar-refractivity contribution < 1.29 is 36.6 Å². The third-order valence-electron chi connectivity index (χ3n) is 4.93. The van der Waals surface area contributed by atoms with Gasteiger partial charge in [-0.1, -0.05) is 12.1 Å². The van der Waals surface area contributed by atoms with E-state index in [0.29, 0.717) is 23.6 Å². The van der Waals surface area contributed by atoms with E-state index in [0.717, 1.165) is 16.4 Å². The van der Waals surface area contributed by atoms with Crippen molar-refractivity contribution >= 4 is 27.6 Å². The Morgan fingerprint density at radius 1 is 1.16 bits per heavy atom. The second kappa shape index (κ2) is 9.96. The minimum Gasteiger partial charge on any atom is -0.497 e. The number of halogens is 1. The molecule has 0 bridgehead atoms. The van der Waals surface area contributed by atoms with E-state index < -0.39 is 45.3 Å². The molecule has 1 aliphatic rings. The van der Waals surface area contributed by atoms with Crippen LogP contribution in [0, 0.1) is 5.82 Å². The topological polar surface area (TPSA) is 111 Å². The third kappa shape index (κ3) is 5.00. The van der Waals surface area contributed by atoms with Crippen molar-refractivity contribution in [2.75, 3.05) is 32.7 Å². The van der Waals surface area contributed by atoms with Crippen molar-refractivity contribution in [2.24, 2.45) is 0 Å². The van der Waals surface area contributed by atoms with E-state index in [1.807, 2.05) is 0 Å². The Morgan fingerprint density at radius 2 is 1.91 bits per heavy atom. The highest BCUT2D eigenvalue weighted by molar-refractivity contribution is 7.89. The molecule has 1 heterocycles. The summed E-state index contributed by atoms with van der Waals surface area (Å²) < 4.78 is 56.0. The summed E-state index contributed by atoms with van der Waals surface area (Å²) in [4.78, 5) is 24.3. The minimum atomic E-state index is -4.24. The zero-order valence-electron chi connectivity index (χ0n) is 17.5. The quantitative estimate of drug-likeness (QED) is 0.594. The maximum absolute atomic E-state index is 14.0.